The summed E-state index contributed by atoms with van der Waals surface area (Å²) >= 11 is 12.0. The molecule has 0 unspecified atom stereocenters. The quantitative estimate of drug-likeness (QED) is 0.240. The minimum atomic E-state index is -3.14. The number of nitrogens with zero attached hydrogens (tertiary/aromatic N) is 1. The van der Waals surface area contributed by atoms with Crippen LogP contribution in [0.25, 0.3) is 0 Å². The molecule has 0 saturated heterocycles. The monoisotopic (exact) mass is 535 g/mol. The first kappa shape index (κ1) is 25.8. The van der Waals surface area contributed by atoms with Crippen molar-refractivity contribution in [2.24, 2.45) is 4.99 Å². The highest BCUT2D eigenvalue weighted by molar-refractivity contribution is 14.0. The van der Waals surface area contributed by atoms with E-state index in [-0.39, 0.29) is 29.7 Å². The largest absolute Gasteiger partial charge is 0.356 e. The van der Waals surface area contributed by atoms with Crippen molar-refractivity contribution in [1.29, 1.82) is 0 Å². The van der Waals surface area contributed by atoms with Gasteiger partial charge in [-0.25, -0.2) is 8.42 Å². The zero-order valence-corrected chi connectivity index (χ0v) is 20.3. The Morgan fingerprint density at radius 1 is 1.15 bits per heavy atom. The van der Waals surface area contributed by atoms with Crippen LogP contribution in [0.2, 0.25) is 10.0 Å². The molecule has 0 aliphatic heterocycles. The van der Waals surface area contributed by atoms with Crippen LogP contribution >= 0.6 is 47.2 Å². The first-order chi connectivity index (χ1) is 11.6. The molecule has 5 nitrogen and oxygen atoms in total. The lowest BCUT2D eigenvalue weighted by Crippen LogP contribution is -2.42. The lowest BCUT2D eigenvalue weighted by atomic mass is 10.1. The van der Waals surface area contributed by atoms with Crippen molar-refractivity contribution in [3.05, 3.63) is 33.8 Å². The van der Waals surface area contributed by atoms with Gasteiger partial charge in [0.15, 0.2) is 15.8 Å². The number of hydrogen-bond acceptors (Lipinski definition) is 3. The van der Waals surface area contributed by atoms with Crippen molar-refractivity contribution >= 4 is 63.0 Å². The van der Waals surface area contributed by atoms with Gasteiger partial charge in [-0.3, -0.25) is 4.99 Å². The fourth-order valence-electron chi connectivity index (χ4n) is 2.04. The Bertz CT molecular complexity index is 704. The second kappa shape index (κ2) is 11.6. The maximum atomic E-state index is 12.1. The van der Waals surface area contributed by atoms with Gasteiger partial charge in [-0.2, -0.15) is 0 Å². The molecule has 0 saturated carbocycles. The fourth-order valence-corrected chi connectivity index (χ4v) is 3.53. The molecular formula is C17H28Cl2IN3O2S. The molecule has 9 heteroatoms. The molecule has 0 radical (unpaired) electrons. The van der Waals surface area contributed by atoms with E-state index >= 15 is 0 Å². The number of aryl methyl sites for hydroxylation is 1. The molecule has 1 aromatic rings. The van der Waals surface area contributed by atoms with E-state index in [9.17, 15) is 8.42 Å². The van der Waals surface area contributed by atoms with Crippen LogP contribution in [0, 0.1) is 0 Å². The second-order valence-electron chi connectivity index (χ2n) is 6.70. The van der Waals surface area contributed by atoms with Gasteiger partial charge in [0, 0.05) is 30.2 Å². The zero-order chi connectivity index (χ0) is 19.1. The number of hydrogen-bond donors (Lipinski definition) is 2. The minimum absolute atomic E-state index is 0. The second-order valence-corrected chi connectivity index (χ2v) is 10.4. The Kier molecular flexibility index (Phi) is 11.4. The summed E-state index contributed by atoms with van der Waals surface area (Å²) < 4.78 is 23.4. The van der Waals surface area contributed by atoms with E-state index in [2.05, 4.69) is 15.6 Å². The summed E-state index contributed by atoms with van der Waals surface area (Å²) in [5.41, 5.74) is 1.05. The molecule has 0 spiro atoms. The molecule has 2 N–H and O–H groups in total. The van der Waals surface area contributed by atoms with Crippen LogP contribution < -0.4 is 10.6 Å². The molecule has 0 aromatic heterocycles. The summed E-state index contributed by atoms with van der Waals surface area (Å²) in [6.45, 7) is 6.14. The van der Waals surface area contributed by atoms with Crippen LogP contribution in [0.15, 0.2) is 23.2 Å². The smallest absolute Gasteiger partial charge is 0.191 e. The van der Waals surface area contributed by atoms with Gasteiger partial charge in [-0.15, -0.1) is 24.0 Å². The van der Waals surface area contributed by atoms with E-state index in [0.717, 1.165) is 18.4 Å². The van der Waals surface area contributed by atoms with E-state index in [4.69, 9.17) is 23.2 Å². The standard InChI is InChI=1S/C17H27Cl2N3O2S.HI/c1-17(2,3)25(23,24)11-10-22-16(20-4)21-9-5-6-13-7-8-14(18)12-15(13)19;/h7-8,12H,5-6,9-11H2,1-4H3,(H2,20,21,22);1H. The van der Waals surface area contributed by atoms with Crippen molar-refractivity contribution < 1.29 is 8.42 Å². The Morgan fingerprint density at radius 2 is 1.77 bits per heavy atom. The zero-order valence-electron chi connectivity index (χ0n) is 15.6. The maximum Gasteiger partial charge on any atom is 0.191 e. The van der Waals surface area contributed by atoms with Gasteiger partial charge in [0.05, 0.1) is 10.5 Å². The average Bonchev–Trinajstić information content (AvgIpc) is 2.50. The van der Waals surface area contributed by atoms with Crippen molar-refractivity contribution in [2.75, 3.05) is 25.9 Å². The number of sulfone groups is 1. The van der Waals surface area contributed by atoms with Crippen molar-refractivity contribution in [2.45, 2.75) is 38.4 Å². The maximum absolute atomic E-state index is 12.1. The Balaban J connectivity index is 0.00000625. The van der Waals surface area contributed by atoms with Crippen LogP contribution in [-0.2, 0) is 16.3 Å². The molecule has 26 heavy (non-hydrogen) atoms. The van der Waals surface area contributed by atoms with E-state index in [1.165, 1.54) is 0 Å². The highest BCUT2D eigenvalue weighted by atomic mass is 127. The molecule has 0 atom stereocenters. The molecule has 0 heterocycles. The number of aliphatic imine (C=N–C) groups is 1. The third-order valence-electron chi connectivity index (χ3n) is 3.75. The number of guanidine groups is 1. The number of halogens is 3. The van der Waals surface area contributed by atoms with Gasteiger partial charge < -0.3 is 10.6 Å². The highest BCUT2D eigenvalue weighted by Crippen LogP contribution is 2.21. The Morgan fingerprint density at radius 3 is 2.31 bits per heavy atom. The fraction of sp³-hybridized carbons (Fsp3) is 0.588. The summed E-state index contributed by atoms with van der Waals surface area (Å²) in [5, 5.41) is 7.50. The highest BCUT2D eigenvalue weighted by Gasteiger charge is 2.28. The summed E-state index contributed by atoms with van der Waals surface area (Å²) in [7, 11) is -1.49. The predicted octanol–water partition coefficient (Wildman–Crippen LogP) is 3.92. The van der Waals surface area contributed by atoms with Crippen LogP contribution in [-0.4, -0.2) is 45.0 Å². The van der Waals surface area contributed by atoms with Crippen LogP contribution in [0.3, 0.4) is 0 Å². The van der Waals surface area contributed by atoms with E-state index in [0.29, 0.717) is 29.1 Å². The third-order valence-corrected chi connectivity index (χ3v) is 6.94. The summed E-state index contributed by atoms with van der Waals surface area (Å²) in [6, 6.07) is 5.49. The first-order valence-electron chi connectivity index (χ1n) is 8.17. The van der Waals surface area contributed by atoms with Gasteiger partial charge in [-0.05, 0) is 51.3 Å². The predicted molar refractivity (Wildman–Crippen MR) is 123 cm³/mol. The van der Waals surface area contributed by atoms with Crippen molar-refractivity contribution in [3.63, 3.8) is 0 Å². The summed E-state index contributed by atoms with van der Waals surface area (Å²) in [5.74, 6) is 0.656. The molecule has 1 rings (SSSR count). The first-order valence-corrected chi connectivity index (χ1v) is 10.6. The lowest BCUT2D eigenvalue weighted by Gasteiger charge is -2.19. The van der Waals surface area contributed by atoms with Crippen LogP contribution in [0.4, 0.5) is 0 Å². The van der Waals surface area contributed by atoms with Crippen LogP contribution in [0.5, 0.6) is 0 Å². The molecule has 1 aromatic carbocycles. The van der Waals surface area contributed by atoms with Gasteiger partial charge in [0.2, 0.25) is 0 Å². The summed E-state index contributed by atoms with van der Waals surface area (Å²) in [6.07, 6.45) is 1.68. The average molecular weight is 536 g/mol. The molecule has 0 bridgehead atoms. The lowest BCUT2D eigenvalue weighted by molar-refractivity contribution is 0.559. The molecule has 0 aliphatic carbocycles. The van der Waals surface area contributed by atoms with Gasteiger partial charge in [0.1, 0.15) is 0 Å². The normalized spacial score (nSPS) is 12.5. The minimum Gasteiger partial charge on any atom is -0.356 e. The molecular weight excluding hydrogens is 508 g/mol. The van der Waals surface area contributed by atoms with Crippen molar-refractivity contribution in [3.8, 4) is 0 Å². The number of nitrogens with one attached hydrogen (secondary N) is 2. The van der Waals surface area contributed by atoms with Gasteiger partial charge in [0.25, 0.3) is 0 Å². The van der Waals surface area contributed by atoms with E-state index < -0.39 is 14.6 Å². The molecule has 0 fully saturated rings. The van der Waals surface area contributed by atoms with E-state index in [1.54, 1.807) is 33.9 Å². The van der Waals surface area contributed by atoms with Gasteiger partial charge >= 0.3 is 0 Å². The Hall–Kier alpha value is -0.250. The Labute approximate surface area is 184 Å². The third kappa shape index (κ3) is 8.63. The van der Waals surface area contributed by atoms with Crippen molar-refractivity contribution in [1.82, 2.24) is 10.6 Å². The molecule has 0 aliphatic rings. The molecule has 150 valence electrons. The van der Waals surface area contributed by atoms with Crippen LogP contribution in [0.1, 0.15) is 32.8 Å². The van der Waals surface area contributed by atoms with E-state index in [1.807, 2.05) is 12.1 Å². The SMILES string of the molecule is CN=C(NCCCc1ccc(Cl)cc1Cl)NCCS(=O)(=O)C(C)(C)C.I. The number of rotatable bonds is 7. The van der Waals surface area contributed by atoms with Gasteiger partial charge in [-0.1, -0.05) is 29.3 Å². The molecule has 0 amide bonds. The summed E-state index contributed by atoms with van der Waals surface area (Å²) in [4.78, 5) is 4.10. The number of benzene rings is 1. The topological polar surface area (TPSA) is 70.6 Å².